The fraction of sp³-hybridized carbons (Fsp3) is 0.276. The number of benzene rings is 3. The van der Waals surface area contributed by atoms with Crippen LogP contribution >= 0.6 is 11.6 Å². The Hall–Kier alpha value is -3.89. The zero-order chi connectivity index (χ0) is 28.4. The van der Waals surface area contributed by atoms with Crippen LogP contribution in [0.3, 0.4) is 0 Å². The summed E-state index contributed by atoms with van der Waals surface area (Å²) in [6.45, 7) is 0.492. The van der Waals surface area contributed by atoms with Gasteiger partial charge in [-0.3, -0.25) is 13.9 Å². The van der Waals surface area contributed by atoms with Crippen molar-refractivity contribution in [2.45, 2.75) is 25.2 Å². The van der Waals surface area contributed by atoms with Crippen molar-refractivity contribution in [3.05, 3.63) is 88.6 Å². The van der Waals surface area contributed by atoms with Crippen LogP contribution in [0.4, 0.5) is 5.69 Å². The van der Waals surface area contributed by atoms with Gasteiger partial charge in [0, 0.05) is 36.1 Å². The number of amides is 2. The minimum Gasteiger partial charge on any atom is -0.354 e. The highest BCUT2D eigenvalue weighted by Gasteiger charge is 2.32. The van der Waals surface area contributed by atoms with Crippen molar-refractivity contribution in [3.63, 3.8) is 0 Å². The molecule has 1 heterocycles. The first-order chi connectivity index (χ1) is 19.2. The number of hydrogen-bond donors (Lipinski definition) is 2. The standard InChI is InChI=1S/C29H30ClN5O4S/c1-31-29(37)27-24-17-23(19-9-10-19)26(18-25(24)33-35(27)22-13-11-21(30)12-14-22)34(40(2,38)39)16-6-15-32-28(36)20-7-4-3-5-8-20/h3-5,7-8,11-14,17-19H,6,9-10,15-16H2,1-2H3,(H,31,37)(H,32,36). The van der Waals surface area contributed by atoms with Gasteiger partial charge in [-0.15, -0.1) is 0 Å². The molecular formula is C29H30ClN5O4S. The largest absolute Gasteiger partial charge is 0.354 e. The van der Waals surface area contributed by atoms with E-state index in [9.17, 15) is 18.0 Å². The van der Waals surface area contributed by atoms with Gasteiger partial charge in [0.1, 0.15) is 5.69 Å². The van der Waals surface area contributed by atoms with E-state index >= 15 is 0 Å². The first kappa shape index (κ1) is 27.7. The predicted molar refractivity (Wildman–Crippen MR) is 157 cm³/mol. The van der Waals surface area contributed by atoms with E-state index < -0.39 is 10.0 Å². The maximum absolute atomic E-state index is 13.0. The molecule has 1 aliphatic rings. The van der Waals surface area contributed by atoms with Gasteiger partial charge in [-0.05, 0) is 79.3 Å². The van der Waals surface area contributed by atoms with E-state index in [1.54, 1.807) is 66.3 Å². The number of aromatic nitrogens is 2. The van der Waals surface area contributed by atoms with E-state index in [0.29, 0.717) is 51.5 Å². The molecular weight excluding hydrogens is 550 g/mol. The molecule has 0 saturated heterocycles. The van der Waals surface area contributed by atoms with Gasteiger partial charge in [-0.1, -0.05) is 29.8 Å². The minimum absolute atomic E-state index is 0.180. The van der Waals surface area contributed by atoms with E-state index in [1.165, 1.54) is 10.6 Å². The summed E-state index contributed by atoms with van der Waals surface area (Å²) < 4.78 is 29.0. The summed E-state index contributed by atoms with van der Waals surface area (Å²) in [5.74, 6) is -0.319. The maximum atomic E-state index is 13.0. The number of halogens is 1. The molecule has 11 heteroatoms. The Morgan fingerprint density at radius 3 is 2.38 bits per heavy atom. The van der Waals surface area contributed by atoms with Gasteiger partial charge < -0.3 is 10.6 Å². The normalized spacial score (nSPS) is 13.3. The third-order valence-electron chi connectivity index (χ3n) is 6.88. The molecule has 5 rings (SSSR count). The number of sulfonamides is 1. The van der Waals surface area contributed by atoms with Crippen LogP contribution in [0.25, 0.3) is 16.6 Å². The van der Waals surface area contributed by atoms with Crippen LogP contribution in [0.5, 0.6) is 0 Å². The van der Waals surface area contributed by atoms with Crippen LogP contribution in [-0.4, -0.2) is 56.4 Å². The van der Waals surface area contributed by atoms with Crippen molar-refractivity contribution in [2.75, 3.05) is 30.7 Å². The number of hydrogen-bond acceptors (Lipinski definition) is 5. The molecule has 0 unspecified atom stereocenters. The Labute approximate surface area is 238 Å². The molecule has 0 atom stereocenters. The summed E-state index contributed by atoms with van der Waals surface area (Å²) in [5.41, 5.74) is 3.49. The first-order valence-electron chi connectivity index (χ1n) is 13.0. The number of rotatable bonds is 10. The SMILES string of the molecule is CNC(=O)c1c2cc(C3CC3)c(N(CCCNC(=O)c3ccccc3)S(C)(=O)=O)cc2nn1-c1ccc(Cl)cc1. The number of carbonyl (C=O) groups is 2. The fourth-order valence-corrected chi connectivity index (χ4v) is 5.86. The summed E-state index contributed by atoms with van der Waals surface area (Å²) >= 11 is 6.07. The lowest BCUT2D eigenvalue weighted by Crippen LogP contribution is -2.34. The quantitative estimate of drug-likeness (QED) is 0.269. The van der Waals surface area contributed by atoms with Crippen molar-refractivity contribution in [1.82, 2.24) is 20.4 Å². The summed E-state index contributed by atoms with van der Waals surface area (Å²) in [4.78, 5) is 25.4. The van der Waals surface area contributed by atoms with Gasteiger partial charge in [0.2, 0.25) is 10.0 Å². The van der Waals surface area contributed by atoms with Crippen molar-refractivity contribution in [1.29, 1.82) is 0 Å². The molecule has 1 aliphatic carbocycles. The molecule has 208 valence electrons. The summed E-state index contributed by atoms with van der Waals surface area (Å²) in [7, 11) is -2.10. The number of nitrogens with one attached hydrogen (secondary N) is 2. The van der Waals surface area contributed by atoms with Gasteiger partial charge >= 0.3 is 0 Å². The Kier molecular flexibility index (Phi) is 7.82. The molecule has 4 aromatic rings. The molecule has 1 saturated carbocycles. The lowest BCUT2D eigenvalue weighted by Gasteiger charge is -2.25. The second-order valence-electron chi connectivity index (χ2n) is 9.83. The van der Waals surface area contributed by atoms with E-state index in [4.69, 9.17) is 16.7 Å². The van der Waals surface area contributed by atoms with Crippen molar-refractivity contribution >= 4 is 50.0 Å². The Balaban J connectivity index is 1.50. The summed E-state index contributed by atoms with van der Waals surface area (Å²) in [5, 5.41) is 11.5. The van der Waals surface area contributed by atoms with Gasteiger partial charge in [-0.2, -0.15) is 5.10 Å². The molecule has 0 aliphatic heterocycles. The van der Waals surface area contributed by atoms with E-state index in [2.05, 4.69) is 10.6 Å². The van der Waals surface area contributed by atoms with Crippen molar-refractivity contribution in [3.8, 4) is 5.69 Å². The average Bonchev–Trinajstić information content (AvgIpc) is 3.72. The monoisotopic (exact) mass is 579 g/mol. The Morgan fingerprint density at radius 1 is 1.05 bits per heavy atom. The molecule has 0 spiro atoms. The molecule has 40 heavy (non-hydrogen) atoms. The predicted octanol–water partition coefficient (Wildman–Crippen LogP) is 4.50. The molecule has 1 aromatic heterocycles. The zero-order valence-electron chi connectivity index (χ0n) is 22.2. The highest BCUT2D eigenvalue weighted by Crippen LogP contribution is 2.46. The van der Waals surface area contributed by atoms with Crippen LogP contribution in [0.1, 0.15) is 51.6 Å². The third-order valence-corrected chi connectivity index (χ3v) is 8.31. The van der Waals surface area contributed by atoms with Gasteiger partial charge in [0.25, 0.3) is 11.8 Å². The second-order valence-corrected chi connectivity index (χ2v) is 12.2. The van der Waals surface area contributed by atoms with Gasteiger partial charge in [0.05, 0.1) is 23.1 Å². The molecule has 2 N–H and O–H groups in total. The van der Waals surface area contributed by atoms with Crippen LogP contribution in [-0.2, 0) is 10.0 Å². The van der Waals surface area contributed by atoms with E-state index in [-0.39, 0.29) is 24.3 Å². The molecule has 2 amide bonds. The highest BCUT2D eigenvalue weighted by atomic mass is 35.5. The topological polar surface area (TPSA) is 113 Å². The maximum Gasteiger partial charge on any atom is 0.270 e. The molecule has 1 fully saturated rings. The van der Waals surface area contributed by atoms with Crippen LogP contribution in [0.2, 0.25) is 5.02 Å². The third kappa shape index (κ3) is 5.83. The molecule has 0 bridgehead atoms. The lowest BCUT2D eigenvalue weighted by molar-refractivity contribution is 0.0947. The fourth-order valence-electron chi connectivity index (χ4n) is 4.76. The number of nitrogens with zero attached hydrogens (tertiary/aromatic N) is 3. The van der Waals surface area contributed by atoms with Crippen LogP contribution in [0.15, 0.2) is 66.7 Å². The molecule has 0 radical (unpaired) electrons. The molecule has 9 nitrogen and oxygen atoms in total. The van der Waals surface area contributed by atoms with Gasteiger partial charge in [0.15, 0.2) is 0 Å². The second kappa shape index (κ2) is 11.3. The summed E-state index contributed by atoms with van der Waals surface area (Å²) in [6.07, 6.45) is 3.46. The number of carbonyl (C=O) groups excluding carboxylic acids is 2. The van der Waals surface area contributed by atoms with E-state index in [0.717, 1.165) is 18.4 Å². The van der Waals surface area contributed by atoms with Crippen molar-refractivity contribution < 1.29 is 18.0 Å². The Bertz CT molecular complexity index is 1670. The average molecular weight is 580 g/mol. The summed E-state index contributed by atoms with van der Waals surface area (Å²) in [6, 6.07) is 19.5. The molecule has 3 aromatic carbocycles. The number of anilines is 1. The first-order valence-corrected chi connectivity index (χ1v) is 15.3. The van der Waals surface area contributed by atoms with E-state index in [1.807, 2.05) is 12.1 Å². The highest BCUT2D eigenvalue weighted by molar-refractivity contribution is 7.92. The van der Waals surface area contributed by atoms with Crippen molar-refractivity contribution in [2.24, 2.45) is 0 Å². The lowest BCUT2D eigenvalue weighted by atomic mass is 10.0. The Morgan fingerprint density at radius 2 is 1.75 bits per heavy atom. The van der Waals surface area contributed by atoms with Crippen LogP contribution in [0, 0.1) is 0 Å². The zero-order valence-corrected chi connectivity index (χ0v) is 23.8. The minimum atomic E-state index is -3.66. The van der Waals surface area contributed by atoms with Crippen LogP contribution < -0.4 is 14.9 Å². The smallest absolute Gasteiger partial charge is 0.270 e. The van der Waals surface area contributed by atoms with Gasteiger partial charge in [-0.25, -0.2) is 13.1 Å². The number of fused-ring (bicyclic) bond motifs is 1.